The molecule has 4 atom stereocenters. The van der Waals surface area contributed by atoms with Gasteiger partial charge in [0.05, 0.1) is 0 Å². The van der Waals surface area contributed by atoms with Crippen LogP contribution in [0.2, 0.25) is 0 Å². The van der Waals surface area contributed by atoms with Gasteiger partial charge in [0.25, 0.3) is 0 Å². The van der Waals surface area contributed by atoms with Gasteiger partial charge >= 0.3 is 0 Å². The fourth-order valence-electron chi connectivity index (χ4n) is 4.45. The molecule has 0 aromatic rings. The van der Waals surface area contributed by atoms with E-state index in [2.05, 4.69) is 31.4 Å². The summed E-state index contributed by atoms with van der Waals surface area (Å²) >= 11 is 0. The van der Waals surface area contributed by atoms with Crippen LogP contribution in [0, 0.1) is 16.7 Å². The summed E-state index contributed by atoms with van der Waals surface area (Å²) in [5.41, 5.74) is 1.04. The van der Waals surface area contributed by atoms with E-state index in [1.165, 1.54) is 12.8 Å². The van der Waals surface area contributed by atoms with E-state index in [0.29, 0.717) is 10.8 Å². The molecule has 2 bridgehead atoms. The monoisotopic (exact) mass is 194 g/mol. The summed E-state index contributed by atoms with van der Waals surface area (Å²) in [4.78, 5) is 0. The van der Waals surface area contributed by atoms with Gasteiger partial charge in [0.15, 0.2) is 0 Å². The van der Waals surface area contributed by atoms with E-state index < -0.39 is 0 Å². The second-order valence-electron chi connectivity index (χ2n) is 6.20. The largest absolute Gasteiger partial charge is 0.311 e. The van der Waals surface area contributed by atoms with Gasteiger partial charge in [0.1, 0.15) is 0 Å². The van der Waals surface area contributed by atoms with Crippen molar-refractivity contribution in [2.75, 3.05) is 13.1 Å². The van der Waals surface area contributed by atoms with Crippen LogP contribution >= 0.6 is 0 Å². The molecule has 0 amide bonds. The summed E-state index contributed by atoms with van der Waals surface area (Å²) in [6.07, 6.45) is 2.85. The van der Waals surface area contributed by atoms with Crippen molar-refractivity contribution in [3.05, 3.63) is 0 Å². The van der Waals surface area contributed by atoms with Crippen molar-refractivity contribution in [3.8, 4) is 0 Å². The van der Waals surface area contributed by atoms with Crippen LogP contribution in [0.4, 0.5) is 0 Å². The fraction of sp³-hybridized carbons (Fsp3) is 1.00. The molecule has 0 aromatic heterocycles. The molecule has 1 saturated heterocycles. The maximum atomic E-state index is 3.75. The maximum absolute atomic E-state index is 3.75. The molecule has 1 heterocycles. The molecule has 2 N–H and O–H groups in total. The van der Waals surface area contributed by atoms with Crippen LogP contribution < -0.4 is 10.6 Å². The van der Waals surface area contributed by atoms with E-state index in [0.717, 1.165) is 31.1 Å². The third kappa shape index (κ3) is 0.809. The highest BCUT2D eigenvalue weighted by Crippen LogP contribution is 2.65. The van der Waals surface area contributed by atoms with Gasteiger partial charge in [-0.1, -0.05) is 20.8 Å². The Kier molecular flexibility index (Phi) is 1.66. The zero-order chi connectivity index (χ0) is 9.97. The number of hydrogen-bond acceptors (Lipinski definition) is 2. The molecule has 3 fully saturated rings. The van der Waals surface area contributed by atoms with Gasteiger partial charge in [-0.3, -0.25) is 0 Å². The summed E-state index contributed by atoms with van der Waals surface area (Å²) in [5.74, 6) is 0.894. The second kappa shape index (κ2) is 2.53. The molecule has 2 heteroatoms. The van der Waals surface area contributed by atoms with Crippen LogP contribution in [0.25, 0.3) is 0 Å². The summed E-state index contributed by atoms with van der Waals surface area (Å²) in [7, 11) is 0. The lowest BCUT2D eigenvalue weighted by atomic mass is 9.69. The molecular formula is C12H22N2. The highest BCUT2D eigenvalue weighted by Gasteiger charge is 2.66. The van der Waals surface area contributed by atoms with E-state index in [1.807, 2.05) is 0 Å². The Morgan fingerprint density at radius 3 is 2.50 bits per heavy atom. The van der Waals surface area contributed by atoms with Crippen LogP contribution in [0.3, 0.4) is 0 Å². The first-order valence-corrected chi connectivity index (χ1v) is 6.04. The van der Waals surface area contributed by atoms with Gasteiger partial charge < -0.3 is 10.6 Å². The van der Waals surface area contributed by atoms with Crippen molar-refractivity contribution < 1.29 is 0 Å². The summed E-state index contributed by atoms with van der Waals surface area (Å²) in [6.45, 7) is 9.76. The average Bonchev–Trinajstić information content (AvgIpc) is 2.49. The van der Waals surface area contributed by atoms with Crippen molar-refractivity contribution in [2.45, 2.75) is 45.7 Å². The van der Waals surface area contributed by atoms with E-state index in [9.17, 15) is 0 Å². The minimum atomic E-state index is 0.521. The van der Waals surface area contributed by atoms with Crippen LogP contribution in [-0.4, -0.2) is 25.2 Å². The lowest BCUT2D eigenvalue weighted by Gasteiger charge is -2.43. The Hall–Kier alpha value is -0.0800. The SMILES string of the molecule is CC1(C)[C@@H]2CC[C@@]1(C)[C@@H]1NCCN[C@H]21. The van der Waals surface area contributed by atoms with Crippen LogP contribution in [0.15, 0.2) is 0 Å². The third-order valence-electron chi connectivity index (χ3n) is 5.72. The van der Waals surface area contributed by atoms with Gasteiger partial charge in [-0.25, -0.2) is 0 Å². The quantitative estimate of drug-likeness (QED) is 0.608. The Morgan fingerprint density at radius 1 is 1.07 bits per heavy atom. The average molecular weight is 194 g/mol. The highest BCUT2D eigenvalue weighted by atomic mass is 15.1. The van der Waals surface area contributed by atoms with E-state index in [1.54, 1.807) is 0 Å². The number of rotatable bonds is 0. The van der Waals surface area contributed by atoms with Gasteiger partial charge in [0.2, 0.25) is 0 Å². The van der Waals surface area contributed by atoms with Crippen LogP contribution in [0.1, 0.15) is 33.6 Å². The first-order valence-electron chi connectivity index (χ1n) is 6.04. The maximum Gasteiger partial charge on any atom is 0.0283 e. The van der Waals surface area contributed by atoms with Crippen molar-refractivity contribution in [3.63, 3.8) is 0 Å². The van der Waals surface area contributed by atoms with E-state index in [4.69, 9.17) is 0 Å². The molecule has 0 unspecified atom stereocenters. The number of nitrogens with one attached hydrogen (secondary N) is 2. The predicted molar refractivity (Wildman–Crippen MR) is 58.2 cm³/mol. The van der Waals surface area contributed by atoms with Crippen LogP contribution in [0.5, 0.6) is 0 Å². The molecule has 1 aliphatic heterocycles. The molecule has 3 rings (SSSR count). The van der Waals surface area contributed by atoms with E-state index in [-0.39, 0.29) is 0 Å². The molecular weight excluding hydrogens is 172 g/mol. The molecule has 2 aliphatic carbocycles. The molecule has 0 radical (unpaired) electrons. The highest BCUT2D eigenvalue weighted by molar-refractivity contribution is 5.20. The fourth-order valence-corrected chi connectivity index (χ4v) is 4.45. The lowest BCUT2D eigenvalue weighted by molar-refractivity contribution is 0.115. The molecule has 0 spiro atoms. The Labute approximate surface area is 86.8 Å². The second-order valence-corrected chi connectivity index (χ2v) is 6.20. The normalized spacial score (nSPS) is 54.6. The van der Waals surface area contributed by atoms with Crippen molar-refractivity contribution >= 4 is 0 Å². The molecule has 2 nitrogen and oxygen atoms in total. The summed E-state index contributed by atoms with van der Waals surface area (Å²) in [6, 6.07) is 1.47. The van der Waals surface area contributed by atoms with Gasteiger partial charge in [-0.15, -0.1) is 0 Å². The molecule has 0 aromatic carbocycles. The minimum Gasteiger partial charge on any atom is -0.311 e. The predicted octanol–water partition coefficient (Wildman–Crippen LogP) is 1.37. The van der Waals surface area contributed by atoms with E-state index >= 15 is 0 Å². The summed E-state index contributed by atoms with van der Waals surface area (Å²) < 4.78 is 0. The number of hydrogen-bond donors (Lipinski definition) is 2. The van der Waals surface area contributed by atoms with Gasteiger partial charge in [-0.05, 0) is 29.6 Å². The van der Waals surface area contributed by atoms with Gasteiger partial charge in [-0.2, -0.15) is 0 Å². The van der Waals surface area contributed by atoms with Crippen molar-refractivity contribution in [2.24, 2.45) is 16.7 Å². The van der Waals surface area contributed by atoms with Crippen molar-refractivity contribution in [1.29, 1.82) is 0 Å². The molecule has 14 heavy (non-hydrogen) atoms. The Morgan fingerprint density at radius 2 is 1.79 bits per heavy atom. The molecule has 80 valence electrons. The van der Waals surface area contributed by atoms with Gasteiger partial charge in [0, 0.05) is 25.2 Å². The molecule has 2 saturated carbocycles. The zero-order valence-corrected chi connectivity index (χ0v) is 9.56. The zero-order valence-electron chi connectivity index (χ0n) is 9.56. The Bertz CT molecular complexity index is 261. The topological polar surface area (TPSA) is 24.1 Å². The number of piperazine rings is 1. The smallest absolute Gasteiger partial charge is 0.0283 e. The van der Waals surface area contributed by atoms with Crippen molar-refractivity contribution in [1.82, 2.24) is 10.6 Å². The number of fused-ring (bicyclic) bond motifs is 5. The third-order valence-corrected chi connectivity index (χ3v) is 5.72. The lowest BCUT2D eigenvalue weighted by Crippen LogP contribution is -2.60. The standard InChI is InChI=1S/C12H22N2/c1-11(2)8-4-5-12(11,3)10-9(8)13-6-7-14-10/h8-10,13-14H,4-7H2,1-3H3/t8-,9-,10-,12+/m1/s1. The summed E-state index contributed by atoms with van der Waals surface area (Å²) in [5, 5.41) is 7.48. The first kappa shape index (κ1) is 9.17. The molecule has 3 aliphatic rings. The Balaban J connectivity index is 2.02. The first-order chi connectivity index (χ1) is 6.57. The minimum absolute atomic E-state index is 0.521. The van der Waals surface area contributed by atoms with Crippen LogP contribution in [-0.2, 0) is 0 Å².